The molecule has 0 radical (unpaired) electrons. The molecule has 0 bridgehead atoms. The maximum Gasteiger partial charge on any atom is 0.0465 e. The van der Waals surface area contributed by atoms with Crippen molar-refractivity contribution in [2.24, 2.45) is 0 Å². The average Bonchev–Trinajstić information content (AvgIpc) is 2.15. The van der Waals surface area contributed by atoms with Crippen LogP contribution < -0.4 is 5.32 Å². The zero-order valence-electron chi connectivity index (χ0n) is 8.17. The molecular formula is C10H14Cl3NO. The summed E-state index contributed by atoms with van der Waals surface area (Å²) < 4.78 is 0. The Hall–Kier alpha value is 0.01000. The lowest BCUT2D eigenvalue weighted by molar-refractivity contribution is 0.286. The van der Waals surface area contributed by atoms with Gasteiger partial charge >= 0.3 is 0 Å². The van der Waals surface area contributed by atoms with Crippen LogP contribution in [0.25, 0.3) is 0 Å². The summed E-state index contributed by atoms with van der Waals surface area (Å²) in [6.45, 7) is 1.70. The lowest BCUT2D eigenvalue weighted by atomic mass is 10.2. The highest BCUT2D eigenvalue weighted by atomic mass is 35.5. The van der Waals surface area contributed by atoms with Crippen molar-refractivity contribution in [3.63, 3.8) is 0 Å². The summed E-state index contributed by atoms with van der Waals surface area (Å²) in [5, 5.41) is 13.1. The molecule has 0 unspecified atom stereocenters. The molecule has 0 aliphatic carbocycles. The summed E-state index contributed by atoms with van der Waals surface area (Å²) >= 11 is 11.7. The third-order valence-corrected chi connectivity index (χ3v) is 2.43. The van der Waals surface area contributed by atoms with E-state index in [4.69, 9.17) is 28.3 Å². The molecular weight excluding hydrogens is 256 g/mol. The van der Waals surface area contributed by atoms with Gasteiger partial charge in [-0.15, -0.1) is 12.4 Å². The first-order valence-electron chi connectivity index (χ1n) is 4.49. The molecule has 1 rings (SSSR count). The normalized spacial score (nSPS) is 9.80. The van der Waals surface area contributed by atoms with Gasteiger partial charge in [-0.1, -0.05) is 29.3 Å². The van der Waals surface area contributed by atoms with Gasteiger partial charge in [0, 0.05) is 23.2 Å². The van der Waals surface area contributed by atoms with Crippen molar-refractivity contribution in [2.45, 2.75) is 13.0 Å². The number of nitrogens with one attached hydrogen (secondary N) is 1. The topological polar surface area (TPSA) is 32.3 Å². The summed E-state index contributed by atoms with van der Waals surface area (Å²) in [6, 6.07) is 5.44. The quantitative estimate of drug-likeness (QED) is 0.807. The molecule has 2 nitrogen and oxygen atoms in total. The Kier molecular flexibility index (Phi) is 8.20. The van der Waals surface area contributed by atoms with Crippen molar-refractivity contribution in [1.82, 2.24) is 5.32 Å². The summed E-state index contributed by atoms with van der Waals surface area (Å²) in [4.78, 5) is 0. The maximum atomic E-state index is 8.57. The minimum atomic E-state index is 0. The molecule has 0 saturated heterocycles. The molecule has 0 atom stereocenters. The van der Waals surface area contributed by atoms with Crippen molar-refractivity contribution in [1.29, 1.82) is 0 Å². The van der Waals surface area contributed by atoms with Crippen molar-refractivity contribution < 1.29 is 5.11 Å². The van der Waals surface area contributed by atoms with Gasteiger partial charge in [-0.3, -0.25) is 0 Å². The molecule has 15 heavy (non-hydrogen) atoms. The van der Waals surface area contributed by atoms with E-state index >= 15 is 0 Å². The van der Waals surface area contributed by atoms with E-state index in [0.717, 1.165) is 18.5 Å². The van der Waals surface area contributed by atoms with Crippen LogP contribution in [0.2, 0.25) is 10.0 Å². The monoisotopic (exact) mass is 269 g/mol. The molecule has 0 saturated carbocycles. The molecule has 86 valence electrons. The second-order valence-electron chi connectivity index (χ2n) is 2.99. The highest BCUT2D eigenvalue weighted by Crippen LogP contribution is 2.20. The Labute approximate surface area is 106 Å². The van der Waals surface area contributed by atoms with E-state index in [1.165, 1.54) is 0 Å². The van der Waals surface area contributed by atoms with Crippen LogP contribution in [0, 0.1) is 0 Å². The zero-order chi connectivity index (χ0) is 10.4. The summed E-state index contributed by atoms with van der Waals surface area (Å²) in [7, 11) is 0. The molecule has 0 amide bonds. The highest BCUT2D eigenvalue weighted by Gasteiger charge is 1.99. The molecule has 2 N–H and O–H groups in total. The zero-order valence-corrected chi connectivity index (χ0v) is 10.5. The summed E-state index contributed by atoms with van der Waals surface area (Å²) in [5.74, 6) is 0. The smallest absolute Gasteiger partial charge is 0.0465 e. The molecule has 0 fully saturated rings. The predicted molar refractivity (Wildman–Crippen MR) is 67.1 cm³/mol. The first-order valence-corrected chi connectivity index (χ1v) is 5.25. The summed E-state index contributed by atoms with van der Waals surface area (Å²) in [5.41, 5.74) is 1.02. The van der Waals surface area contributed by atoms with E-state index in [1.54, 1.807) is 6.07 Å². The van der Waals surface area contributed by atoms with Gasteiger partial charge in [-0.2, -0.15) is 0 Å². The Morgan fingerprint density at radius 3 is 2.60 bits per heavy atom. The van der Waals surface area contributed by atoms with Crippen molar-refractivity contribution in [2.75, 3.05) is 13.2 Å². The van der Waals surface area contributed by atoms with Crippen molar-refractivity contribution in [3.05, 3.63) is 33.8 Å². The fourth-order valence-electron chi connectivity index (χ4n) is 1.09. The first-order chi connectivity index (χ1) is 6.74. The van der Waals surface area contributed by atoms with E-state index in [1.807, 2.05) is 12.1 Å². The number of hydrogen-bond acceptors (Lipinski definition) is 2. The SMILES string of the molecule is Cl.OCCCNCc1ccc(Cl)cc1Cl. The van der Waals surface area contributed by atoms with Crippen molar-refractivity contribution >= 4 is 35.6 Å². The van der Waals surface area contributed by atoms with E-state index in [-0.39, 0.29) is 19.0 Å². The lowest BCUT2D eigenvalue weighted by Gasteiger charge is -2.06. The Morgan fingerprint density at radius 2 is 2.00 bits per heavy atom. The van der Waals surface area contributed by atoms with E-state index in [2.05, 4.69) is 5.32 Å². The molecule has 1 aromatic rings. The molecule has 0 aromatic heterocycles. The Bertz CT molecular complexity index is 294. The van der Waals surface area contributed by atoms with E-state index < -0.39 is 0 Å². The second-order valence-corrected chi connectivity index (χ2v) is 3.83. The molecule has 1 aromatic carbocycles. The number of rotatable bonds is 5. The van der Waals surface area contributed by atoms with Gasteiger partial charge in [0.05, 0.1) is 0 Å². The van der Waals surface area contributed by atoms with Crippen LogP contribution in [-0.2, 0) is 6.54 Å². The van der Waals surface area contributed by atoms with Gasteiger partial charge in [0.15, 0.2) is 0 Å². The third kappa shape index (κ3) is 5.59. The summed E-state index contributed by atoms with van der Waals surface area (Å²) in [6.07, 6.45) is 0.755. The van der Waals surface area contributed by atoms with Gasteiger partial charge in [0.1, 0.15) is 0 Å². The first kappa shape index (κ1) is 15.0. The lowest BCUT2D eigenvalue weighted by Crippen LogP contribution is -2.15. The van der Waals surface area contributed by atoms with Crippen LogP contribution in [0.15, 0.2) is 18.2 Å². The predicted octanol–water partition coefficient (Wildman–Crippen LogP) is 2.89. The minimum absolute atomic E-state index is 0. The fourth-order valence-corrected chi connectivity index (χ4v) is 1.57. The van der Waals surface area contributed by atoms with Gasteiger partial charge in [-0.05, 0) is 30.7 Å². The Balaban J connectivity index is 0.00000196. The molecule has 0 spiro atoms. The standard InChI is InChI=1S/C10H13Cl2NO.ClH/c11-9-3-2-8(10(12)6-9)7-13-4-1-5-14;/h2-3,6,13-14H,1,4-5,7H2;1H. The molecule has 0 heterocycles. The average molecular weight is 271 g/mol. The van der Waals surface area contributed by atoms with Crippen LogP contribution >= 0.6 is 35.6 Å². The van der Waals surface area contributed by atoms with Gasteiger partial charge in [-0.25, -0.2) is 0 Å². The number of hydrogen-bond donors (Lipinski definition) is 2. The largest absolute Gasteiger partial charge is 0.396 e. The third-order valence-electron chi connectivity index (χ3n) is 1.84. The van der Waals surface area contributed by atoms with Crippen molar-refractivity contribution in [3.8, 4) is 0 Å². The molecule has 0 aliphatic rings. The van der Waals surface area contributed by atoms with E-state index in [9.17, 15) is 0 Å². The van der Waals surface area contributed by atoms with Gasteiger partial charge in [0.25, 0.3) is 0 Å². The van der Waals surface area contributed by atoms with E-state index in [0.29, 0.717) is 16.6 Å². The van der Waals surface area contributed by atoms with Crippen LogP contribution in [0.5, 0.6) is 0 Å². The number of aliphatic hydroxyl groups is 1. The molecule has 5 heteroatoms. The number of aliphatic hydroxyl groups excluding tert-OH is 1. The molecule has 0 aliphatic heterocycles. The maximum absolute atomic E-state index is 8.57. The van der Waals surface area contributed by atoms with Gasteiger partial charge < -0.3 is 10.4 Å². The van der Waals surface area contributed by atoms with Crippen LogP contribution in [0.3, 0.4) is 0 Å². The second kappa shape index (κ2) is 8.20. The van der Waals surface area contributed by atoms with Crippen LogP contribution in [0.4, 0.5) is 0 Å². The number of benzene rings is 1. The fraction of sp³-hybridized carbons (Fsp3) is 0.400. The van der Waals surface area contributed by atoms with Crippen LogP contribution in [-0.4, -0.2) is 18.3 Å². The minimum Gasteiger partial charge on any atom is -0.396 e. The van der Waals surface area contributed by atoms with Crippen LogP contribution in [0.1, 0.15) is 12.0 Å². The van der Waals surface area contributed by atoms with Gasteiger partial charge in [0.2, 0.25) is 0 Å². The highest BCUT2D eigenvalue weighted by molar-refractivity contribution is 6.35. The number of halogens is 3. The Morgan fingerprint density at radius 1 is 1.27 bits per heavy atom.